The van der Waals surface area contributed by atoms with Crippen LogP contribution in [0.2, 0.25) is 0 Å². The van der Waals surface area contributed by atoms with Crippen LogP contribution in [0.5, 0.6) is 5.75 Å². The maximum Gasteiger partial charge on any atom is 0.129 e. The fourth-order valence-corrected chi connectivity index (χ4v) is 2.40. The molecule has 1 aliphatic carbocycles. The molecular weight excluding hydrogens is 238 g/mol. The molecule has 1 fully saturated rings. The van der Waals surface area contributed by atoms with Crippen LogP contribution in [0.1, 0.15) is 33.1 Å². The molecular formula is C14H18F2O2. The average Bonchev–Trinajstić information content (AvgIpc) is 2.22. The van der Waals surface area contributed by atoms with E-state index in [1.165, 1.54) is 0 Å². The Morgan fingerprint density at radius 1 is 1.22 bits per heavy atom. The van der Waals surface area contributed by atoms with Crippen LogP contribution in [0.15, 0.2) is 18.2 Å². The van der Waals surface area contributed by atoms with Crippen molar-refractivity contribution in [3.8, 4) is 5.75 Å². The highest BCUT2D eigenvalue weighted by Crippen LogP contribution is 2.37. The van der Waals surface area contributed by atoms with Gasteiger partial charge in [-0.15, -0.1) is 0 Å². The zero-order valence-electron chi connectivity index (χ0n) is 10.6. The third-order valence-electron chi connectivity index (χ3n) is 3.42. The molecule has 1 aromatic carbocycles. The van der Waals surface area contributed by atoms with Gasteiger partial charge in [0.15, 0.2) is 0 Å². The number of hydrogen-bond acceptors (Lipinski definition) is 2. The number of hydrogen-bond donors (Lipinski definition) is 1. The Kier molecular flexibility index (Phi) is 3.57. The van der Waals surface area contributed by atoms with Crippen molar-refractivity contribution in [2.45, 2.75) is 45.3 Å². The molecule has 1 aromatic rings. The molecule has 0 spiro atoms. The summed E-state index contributed by atoms with van der Waals surface area (Å²) in [6.07, 6.45) is 1.26. The van der Waals surface area contributed by atoms with E-state index >= 15 is 0 Å². The topological polar surface area (TPSA) is 29.5 Å². The van der Waals surface area contributed by atoms with Gasteiger partial charge in [0.25, 0.3) is 0 Å². The largest absolute Gasteiger partial charge is 0.487 e. The molecule has 0 aliphatic heterocycles. The standard InChI is InChI=1S/C14H18F2O2/c1-14(2)4-3-12(17)13(8-14)18-11-6-9(15)5-10(16)7-11/h5-7,12-13,17H,3-4,8H2,1-2H3. The SMILES string of the molecule is CC1(C)CCC(O)C(Oc2cc(F)cc(F)c2)C1. The van der Waals surface area contributed by atoms with Crippen LogP contribution >= 0.6 is 0 Å². The van der Waals surface area contributed by atoms with Gasteiger partial charge in [-0.25, -0.2) is 8.78 Å². The molecule has 0 radical (unpaired) electrons. The Morgan fingerprint density at radius 3 is 2.44 bits per heavy atom. The van der Waals surface area contributed by atoms with Gasteiger partial charge < -0.3 is 9.84 Å². The third kappa shape index (κ3) is 3.19. The minimum atomic E-state index is -0.672. The van der Waals surface area contributed by atoms with Crippen molar-refractivity contribution in [1.29, 1.82) is 0 Å². The Labute approximate surface area is 106 Å². The first-order valence-electron chi connectivity index (χ1n) is 6.16. The molecule has 1 aliphatic rings. The lowest BCUT2D eigenvalue weighted by Crippen LogP contribution is -2.41. The van der Waals surface area contributed by atoms with Crippen molar-refractivity contribution in [3.05, 3.63) is 29.8 Å². The number of benzene rings is 1. The average molecular weight is 256 g/mol. The van der Waals surface area contributed by atoms with Gasteiger partial charge in [-0.3, -0.25) is 0 Å². The Hall–Kier alpha value is -1.16. The summed E-state index contributed by atoms with van der Waals surface area (Å²) in [7, 11) is 0. The molecule has 0 aromatic heterocycles. The van der Waals surface area contributed by atoms with Gasteiger partial charge in [0.05, 0.1) is 6.10 Å². The van der Waals surface area contributed by atoms with Crippen LogP contribution in [-0.2, 0) is 0 Å². The van der Waals surface area contributed by atoms with Crippen LogP contribution in [0.4, 0.5) is 8.78 Å². The van der Waals surface area contributed by atoms with E-state index in [0.717, 1.165) is 24.6 Å². The summed E-state index contributed by atoms with van der Waals surface area (Å²) in [5, 5.41) is 9.89. The second kappa shape index (κ2) is 4.84. The van der Waals surface area contributed by atoms with Crippen molar-refractivity contribution in [1.82, 2.24) is 0 Å². The van der Waals surface area contributed by atoms with E-state index in [4.69, 9.17) is 4.74 Å². The zero-order chi connectivity index (χ0) is 13.3. The highest BCUT2D eigenvalue weighted by Gasteiger charge is 2.35. The fraction of sp³-hybridized carbons (Fsp3) is 0.571. The van der Waals surface area contributed by atoms with Crippen LogP contribution < -0.4 is 4.74 Å². The van der Waals surface area contributed by atoms with Gasteiger partial charge in [0, 0.05) is 18.2 Å². The molecule has 1 saturated carbocycles. The molecule has 2 unspecified atom stereocenters. The molecule has 4 heteroatoms. The van der Waals surface area contributed by atoms with Crippen LogP contribution in [0.3, 0.4) is 0 Å². The van der Waals surface area contributed by atoms with Gasteiger partial charge in [0.1, 0.15) is 23.5 Å². The first-order valence-corrected chi connectivity index (χ1v) is 6.16. The summed E-state index contributed by atoms with van der Waals surface area (Å²) in [6.45, 7) is 4.20. The van der Waals surface area contributed by atoms with Crippen LogP contribution in [-0.4, -0.2) is 17.3 Å². The summed E-state index contributed by atoms with van der Waals surface area (Å²) in [4.78, 5) is 0. The molecule has 100 valence electrons. The lowest BCUT2D eigenvalue weighted by Gasteiger charge is -2.38. The lowest BCUT2D eigenvalue weighted by atomic mass is 9.75. The van der Waals surface area contributed by atoms with Crippen molar-refractivity contribution < 1.29 is 18.6 Å². The highest BCUT2D eigenvalue weighted by molar-refractivity contribution is 5.24. The van der Waals surface area contributed by atoms with Gasteiger partial charge in [0.2, 0.25) is 0 Å². The van der Waals surface area contributed by atoms with E-state index in [9.17, 15) is 13.9 Å². The van der Waals surface area contributed by atoms with Gasteiger partial charge in [-0.05, 0) is 24.7 Å². The summed E-state index contributed by atoms with van der Waals surface area (Å²) in [5.41, 5.74) is 0.0791. The van der Waals surface area contributed by atoms with Crippen molar-refractivity contribution in [3.63, 3.8) is 0 Å². The van der Waals surface area contributed by atoms with Crippen molar-refractivity contribution >= 4 is 0 Å². The second-order valence-corrected chi connectivity index (χ2v) is 5.74. The Morgan fingerprint density at radius 2 is 1.83 bits per heavy atom. The minimum absolute atomic E-state index is 0.0791. The minimum Gasteiger partial charge on any atom is -0.487 e. The number of rotatable bonds is 2. The normalized spacial score (nSPS) is 26.9. The molecule has 1 N–H and O–H groups in total. The van der Waals surface area contributed by atoms with E-state index in [0.29, 0.717) is 12.8 Å². The summed E-state index contributed by atoms with van der Waals surface area (Å²) >= 11 is 0. The molecule has 0 saturated heterocycles. The molecule has 2 rings (SSSR count). The molecule has 0 amide bonds. The molecule has 2 nitrogen and oxygen atoms in total. The smallest absolute Gasteiger partial charge is 0.129 e. The number of ether oxygens (including phenoxy) is 1. The quantitative estimate of drug-likeness (QED) is 0.880. The first kappa shape index (κ1) is 13.3. The van der Waals surface area contributed by atoms with Crippen molar-refractivity contribution in [2.75, 3.05) is 0 Å². The van der Waals surface area contributed by atoms with E-state index in [1.807, 2.05) is 0 Å². The van der Waals surface area contributed by atoms with Gasteiger partial charge in [-0.1, -0.05) is 13.8 Å². The fourth-order valence-electron chi connectivity index (χ4n) is 2.40. The number of halogens is 2. The number of aliphatic hydroxyl groups excluding tert-OH is 1. The van der Waals surface area contributed by atoms with Gasteiger partial charge >= 0.3 is 0 Å². The van der Waals surface area contributed by atoms with Crippen LogP contribution in [0, 0.1) is 17.0 Å². The first-order chi connectivity index (χ1) is 8.35. The maximum absolute atomic E-state index is 13.0. The predicted molar refractivity (Wildman–Crippen MR) is 64.4 cm³/mol. The van der Waals surface area contributed by atoms with E-state index in [-0.39, 0.29) is 11.2 Å². The van der Waals surface area contributed by atoms with Crippen molar-refractivity contribution in [2.24, 2.45) is 5.41 Å². The summed E-state index contributed by atoms with van der Waals surface area (Å²) < 4.78 is 31.6. The molecule has 18 heavy (non-hydrogen) atoms. The summed E-state index contributed by atoms with van der Waals surface area (Å²) in [5.74, 6) is -1.21. The van der Waals surface area contributed by atoms with E-state index < -0.39 is 23.8 Å². The molecule has 0 heterocycles. The van der Waals surface area contributed by atoms with E-state index in [1.54, 1.807) is 0 Å². The third-order valence-corrected chi connectivity index (χ3v) is 3.42. The second-order valence-electron chi connectivity index (χ2n) is 5.74. The molecule has 0 bridgehead atoms. The zero-order valence-corrected chi connectivity index (χ0v) is 10.6. The Balaban J connectivity index is 2.12. The highest BCUT2D eigenvalue weighted by atomic mass is 19.1. The lowest BCUT2D eigenvalue weighted by molar-refractivity contribution is -0.0306. The molecule has 2 atom stereocenters. The Bertz CT molecular complexity index is 412. The monoisotopic (exact) mass is 256 g/mol. The summed E-state index contributed by atoms with van der Waals surface area (Å²) in [6, 6.07) is 3.07. The maximum atomic E-state index is 13.0. The van der Waals surface area contributed by atoms with Crippen LogP contribution in [0.25, 0.3) is 0 Å². The van der Waals surface area contributed by atoms with Gasteiger partial charge in [-0.2, -0.15) is 0 Å². The number of aliphatic hydroxyl groups is 1. The van der Waals surface area contributed by atoms with E-state index in [2.05, 4.69) is 13.8 Å². The predicted octanol–water partition coefficient (Wildman–Crippen LogP) is 3.28.